The van der Waals surface area contributed by atoms with Crippen LogP contribution in [0.3, 0.4) is 0 Å². The zero-order valence-electron chi connectivity index (χ0n) is 10.6. The van der Waals surface area contributed by atoms with Crippen molar-refractivity contribution in [2.24, 2.45) is 0 Å². The van der Waals surface area contributed by atoms with Crippen LogP contribution in [0.1, 0.15) is 26.7 Å². The largest absolute Gasteiger partial charge is 0.469 e. The predicted molar refractivity (Wildman–Crippen MR) is 62.0 cm³/mol. The van der Waals surface area contributed by atoms with Gasteiger partial charge in [0.2, 0.25) is 5.91 Å². The molecule has 0 saturated heterocycles. The Bertz CT molecular complexity index is 231. The molecule has 1 N–H and O–H groups in total. The Hall–Kier alpha value is -1.10. The van der Waals surface area contributed by atoms with E-state index in [1.165, 1.54) is 7.11 Å². The highest BCUT2D eigenvalue weighted by Crippen LogP contribution is 1.92. The van der Waals surface area contributed by atoms with Crippen molar-refractivity contribution < 1.29 is 14.3 Å². The third kappa shape index (κ3) is 7.23. The smallest absolute Gasteiger partial charge is 0.306 e. The first-order valence-corrected chi connectivity index (χ1v) is 5.54. The van der Waals surface area contributed by atoms with Crippen molar-refractivity contribution in [2.45, 2.75) is 32.7 Å². The Labute approximate surface area is 97.1 Å². The van der Waals surface area contributed by atoms with Gasteiger partial charge in [-0.15, -0.1) is 0 Å². The number of hydrogen-bond donors (Lipinski definition) is 1. The topological polar surface area (TPSA) is 58.6 Å². The molecule has 0 bridgehead atoms. The number of amides is 1. The standard InChI is InChI=1S/C11H22N2O3/c1-5-9(2)12-10(14)8-13(3)7-6-11(15)16-4/h9H,5-8H2,1-4H3,(H,12,14). The molecule has 0 fully saturated rings. The van der Waals surface area contributed by atoms with Crippen molar-refractivity contribution in [2.75, 3.05) is 27.2 Å². The van der Waals surface area contributed by atoms with E-state index in [1.807, 2.05) is 13.8 Å². The van der Waals surface area contributed by atoms with Gasteiger partial charge in [-0.2, -0.15) is 0 Å². The normalized spacial score (nSPS) is 12.3. The fourth-order valence-corrected chi connectivity index (χ4v) is 1.13. The summed E-state index contributed by atoms with van der Waals surface area (Å²) in [5.41, 5.74) is 0. The molecule has 0 radical (unpaired) electrons. The molecular weight excluding hydrogens is 208 g/mol. The second-order valence-electron chi connectivity index (χ2n) is 3.94. The molecule has 1 atom stereocenters. The molecule has 0 aromatic rings. The molecule has 0 aliphatic rings. The summed E-state index contributed by atoms with van der Waals surface area (Å²) in [6.07, 6.45) is 1.22. The van der Waals surface area contributed by atoms with Gasteiger partial charge in [0, 0.05) is 12.6 Å². The molecule has 5 nitrogen and oxygen atoms in total. The number of nitrogens with zero attached hydrogens (tertiary/aromatic N) is 1. The van der Waals surface area contributed by atoms with Crippen LogP contribution in [-0.2, 0) is 14.3 Å². The van der Waals surface area contributed by atoms with Gasteiger partial charge in [0.15, 0.2) is 0 Å². The maximum Gasteiger partial charge on any atom is 0.306 e. The van der Waals surface area contributed by atoms with Crippen LogP contribution in [-0.4, -0.2) is 50.1 Å². The van der Waals surface area contributed by atoms with Crippen LogP contribution in [0, 0.1) is 0 Å². The highest BCUT2D eigenvalue weighted by atomic mass is 16.5. The maximum absolute atomic E-state index is 11.5. The van der Waals surface area contributed by atoms with E-state index in [2.05, 4.69) is 10.1 Å². The molecule has 0 aromatic carbocycles. The summed E-state index contributed by atoms with van der Waals surface area (Å²) in [5.74, 6) is -0.268. The second kappa shape index (κ2) is 8.10. The van der Waals surface area contributed by atoms with Crippen molar-refractivity contribution in [1.29, 1.82) is 0 Å². The van der Waals surface area contributed by atoms with Gasteiger partial charge in [-0.3, -0.25) is 14.5 Å². The number of hydrogen-bond acceptors (Lipinski definition) is 4. The number of ether oxygens (including phenoxy) is 1. The molecule has 94 valence electrons. The van der Waals surface area contributed by atoms with E-state index in [0.29, 0.717) is 19.5 Å². The Morgan fingerprint density at radius 1 is 1.44 bits per heavy atom. The number of nitrogens with one attached hydrogen (secondary N) is 1. The molecule has 0 saturated carbocycles. The van der Waals surface area contributed by atoms with Crippen molar-refractivity contribution in [3.63, 3.8) is 0 Å². The molecule has 0 aliphatic heterocycles. The molecule has 0 aliphatic carbocycles. The number of rotatable bonds is 7. The van der Waals surface area contributed by atoms with Gasteiger partial charge in [0.25, 0.3) is 0 Å². The first-order chi connectivity index (χ1) is 7.49. The summed E-state index contributed by atoms with van der Waals surface area (Å²) in [7, 11) is 3.16. The van der Waals surface area contributed by atoms with Crippen molar-refractivity contribution in [1.82, 2.24) is 10.2 Å². The minimum atomic E-state index is -0.255. The third-order valence-corrected chi connectivity index (χ3v) is 2.36. The van der Waals surface area contributed by atoms with Gasteiger partial charge >= 0.3 is 5.97 Å². The van der Waals surface area contributed by atoms with Gasteiger partial charge in [-0.05, 0) is 20.4 Å². The zero-order valence-corrected chi connectivity index (χ0v) is 10.6. The zero-order chi connectivity index (χ0) is 12.6. The second-order valence-corrected chi connectivity index (χ2v) is 3.94. The molecule has 0 aromatic heterocycles. The van der Waals surface area contributed by atoms with Crippen LogP contribution in [0.2, 0.25) is 0 Å². The van der Waals surface area contributed by atoms with Gasteiger partial charge in [-0.25, -0.2) is 0 Å². The molecule has 1 unspecified atom stereocenters. The summed E-state index contributed by atoms with van der Waals surface area (Å²) in [6.45, 7) is 4.82. The highest BCUT2D eigenvalue weighted by molar-refractivity contribution is 5.78. The van der Waals surface area contributed by atoms with Crippen molar-refractivity contribution in [3.8, 4) is 0 Å². The Morgan fingerprint density at radius 3 is 2.56 bits per heavy atom. The average molecular weight is 230 g/mol. The predicted octanol–water partition coefficient (Wildman–Crippen LogP) is 0.396. The lowest BCUT2D eigenvalue weighted by atomic mass is 10.2. The maximum atomic E-state index is 11.5. The molecule has 5 heteroatoms. The SMILES string of the molecule is CCC(C)NC(=O)CN(C)CCC(=O)OC. The molecular formula is C11H22N2O3. The van der Waals surface area contributed by atoms with E-state index >= 15 is 0 Å². The first-order valence-electron chi connectivity index (χ1n) is 5.54. The lowest BCUT2D eigenvalue weighted by Crippen LogP contribution is -2.40. The average Bonchev–Trinajstić information content (AvgIpc) is 2.25. The Morgan fingerprint density at radius 2 is 2.06 bits per heavy atom. The number of carbonyl (C=O) groups excluding carboxylic acids is 2. The van der Waals surface area contributed by atoms with Crippen LogP contribution in [0.15, 0.2) is 0 Å². The summed E-state index contributed by atoms with van der Waals surface area (Å²) in [4.78, 5) is 24.1. The van der Waals surface area contributed by atoms with Crippen LogP contribution >= 0.6 is 0 Å². The van der Waals surface area contributed by atoms with Crippen LogP contribution in [0.25, 0.3) is 0 Å². The number of carbonyl (C=O) groups is 2. The number of esters is 1. The van der Waals surface area contributed by atoms with E-state index in [9.17, 15) is 9.59 Å². The van der Waals surface area contributed by atoms with Crippen LogP contribution in [0.5, 0.6) is 0 Å². The third-order valence-electron chi connectivity index (χ3n) is 2.36. The monoisotopic (exact) mass is 230 g/mol. The quantitative estimate of drug-likeness (QED) is 0.643. The Kier molecular flexibility index (Phi) is 7.54. The fraction of sp³-hybridized carbons (Fsp3) is 0.818. The van der Waals surface area contributed by atoms with E-state index in [4.69, 9.17) is 0 Å². The number of likely N-dealkylation sites (N-methyl/N-ethyl adjacent to an activating group) is 1. The van der Waals surface area contributed by atoms with E-state index < -0.39 is 0 Å². The van der Waals surface area contributed by atoms with E-state index in [1.54, 1.807) is 11.9 Å². The molecule has 1 amide bonds. The summed E-state index contributed by atoms with van der Waals surface area (Å²) in [5, 5.41) is 2.87. The van der Waals surface area contributed by atoms with Gasteiger partial charge in [0.1, 0.15) is 0 Å². The first kappa shape index (κ1) is 14.9. The lowest BCUT2D eigenvalue weighted by molar-refractivity contribution is -0.141. The van der Waals surface area contributed by atoms with Gasteiger partial charge in [-0.1, -0.05) is 6.92 Å². The van der Waals surface area contributed by atoms with Gasteiger partial charge < -0.3 is 10.1 Å². The summed E-state index contributed by atoms with van der Waals surface area (Å²) < 4.78 is 4.52. The molecule has 0 heterocycles. The fourth-order valence-electron chi connectivity index (χ4n) is 1.13. The van der Waals surface area contributed by atoms with Crippen LogP contribution < -0.4 is 5.32 Å². The highest BCUT2D eigenvalue weighted by Gasteiger charge is 2.10. The number of methoxy groups -OCH3 is 1. The van der Waals surface area contributed by atoms with Gasteiger partial charge in [0.05, 0.1) is 20.1 Å². The molecule has 0 rings (SSSR count). The van der Waals surface area contributed by atoms with Crippen LogP contribution in [0.4, 0.5) is 0 Å². The minimum Gasteiger partial charge on any atom is -0.469 e. The minimum absolute atomic E-state index is 0.0123. The van der Waals surface area contributed by atoms with E-state index in [0.717, 1.165) is 6.42 Å². The lowest BCUT2D eigenvalue weighted by Gasteiger charge is -2.17. The molecule has 0 spiro atoms. The molecule has 16 heavy (non-hydrogen) atoms. The van der Waals surface area contributed by atoms with Crippen molar-refractivity contribution in [3.05, 3.63) is 0 Å². The summed E-state index contributed by atoms with van der Waals surface area (Å²) in [6, 6.07) is 0.196. The van der Waals surface area contributed by atoms with E-state index in [-0.39, 0.29) is 17.9 Å². The summed E-state index contributed by atoms with van der Waals surface area (Å²) >= 11 is 0. The van der Waals surface area contributed by atoms with Crippen molar-refractivity contribution >= 4 is 11.9 Å². The Balaban J connectivity index is 3.74.